The number of amides is 1. The minimum absolute atomic E-state index is 0.248. The van der Waals surface area contributed by atoms with E-state index < -0.39 is 0 Å². The van der Waals surface area contributed by atoms with E-state index in [0.717, 1.165) is 16.1 Å². The van der Waals surface area contributed by atoms with Crippen LogP contribution in [0, 0.1) is 5.82 Å². The Balaban J connectivity index is 1.24. The second kappa shape index (κ2) is 12.7. The first kappa shape index (κ1) is 27.3. The van der Waals surface area contributed by atoms with Gasteiger partial charge < -0.3 is 14.8 Å². The molecular formula is C28H25FN6O3S2. The molecule has 0 unspecified atom stereocenters. The van der Waals surface area contributed by atoms with Gasteiger partial charge in [-0.1, -0.05) is 30.0 Å². The van der Waals surface area contributed by atoms with Crippen molar-refractivity contribution in [3.8, 4) is 28.6 Å². The highest BCUT2D eigenvalue weighted by molar-refractivity contribution is 7.98. The highest BCUT2D eigenvalue weighted by Crippen LogP contribution is 2.31. The Kier molecular flexibility index (Phi) is 8.67. The van der Waals surface area contributed by atoms with E-state index in [0.29, 0.717) is 52.6 Å². The molecule has 5 rings (SSSR count). The van der Waals surface area contributed by atoms with Crippen LogP contribution in [0.15, 0.2) is 77.5 Å². The predicted octanol–water partition coefficient (Wildman–Crippen LogP) is 5.21. The number of carbonyl (C=O) groups is 1. The van der Waals surface area contributed by atoms with Gasteiger partial charge in [-0.15, -0.1) is 21.5 Å². The molecule has 204 valence electrons. The molecule has 0 aliphatic carbocycles. The zero-order valence-corrected chi connectivity index (χ0v) is 23.3. The molecule has 1 amide bonds. The molecule has 0 radical (unpaired) electrons. The number of nitrogens with zero attached hydrogens (tertiary/aromatic N) is 5. The summed E-state index contributed by atoms with van der Waals surface area (Å²) in [5, 5.41) is 14.5. The number of hydrogen-bond donors (Lipinski definition) is 1. The van der Waals surface area contributed by atoms with Crippen LogP contribution < -0.4 is 14.8 Å². The molecule has 3 aromatic heterocycles. The number of methoxy groups -OCH3 is 2. The molecule has 9 nitrogen and oxygen atoms in total. The number of ether oxygens (including phenoxy) is 2. The molecule has 5 aromatic rings. The average Bonchev–Trinajstić information content (AvgIpc) is 3.64. The van der Waals surface area contributed by atoms with Crippen LogP contribution in [0.1, 0.15) is 21.1 Å². The summed E-state index contributed by atoms with van der Waals surface area (Å²) >= 11 is 2.75. The highest BCUT2D eigenvalue weighted by atomic mass is 32.2. The van der Waals surface area contributed by atoms with Gasteiger partial charge in [0.1, 0.15) is 16.5 Å². The second-order valence-corrected chi connectivity index (χ2v) is 10.3. The summed E-state index contributed by atoms with van der Waals surface area (Å²) < 4.78 is 27.1. The maximum Gasteiger partial charge on any atom is 0.270 e. The third kappa shape index (κ3) is 6.13. The maximum atomic E-state index is 14.8. The number of aromatic nitrogens is 5. The smallest absolute Gasteiger partial charge is 0.270 e. The van der Waals surface area contributed by atoms with E-state index in [1.54, 1.807) is 66.9 Å². The first-order valence-corrected chi connectivity index (χ1v) is 14.1. The quantitative estimate of drug-likeness (QED) is 0.214. The maximum absolute atomic E-state index is 14.8. The van der Waals surface area contributed by atoms with E-state index in [1.807, 2.05) is 18.2 Å². The van der Waals surface area contributed by atoms with Gasteiger partial charge in [0.15, 0.2) is 22.5 Å². The Morgan fingerprint density at radius 1 is 1.05 bits per heavy atom. The zero-order valence-electron chi connectivity index (χ0n) is 21.7. The minimum Gasteiger partial charge on any atom is -0.493 e. The topological polar surface area (TPSA) is 104 Å². The van der Waals surface area contributed by atoms with Crippen LogP contribution in [-0.4, -0.2) is 51.4 Å². The van der Waals surface area contributed by atoms with Crippen LogP contribution in [0.5, 0.6) is 11.5 Å². The SMILES string of the molecule is COc1ccc(CCNC(=O)c2csc(CSc3nnc(-c4ccncc4)n3-c3ccccc3F)n2)cc1OC. The Morgan fingerprint density at radius 2 is 1.85 bits per heavy atom. The molecule has 1 N–H and O–H groups in total. The van der Waals surface area contributed by atoms with Crippen molar-refractivity contribution in [2.45, 2.75) is 17.3 Å². The van der Waals surface area contributed by atoms with Crippen molar-refractivity contribution >= 4 is 29.0 Å². The monoisotopic (exact) mass is 576 g/mol. The van der Waals surface area contributed by atoms with Crippen LogP contribution in [-0.2, 0) is 12.2 Å². The van der Waals surface area contributed by atoms with Crippen LogP contribution in [0.3, 0.4) is 0 Å². The first-order chi connectivity index (χ1) is 19.6. The second-order valence-electron chi connectivity index (χ2n) is 8.44. The predicted molar refractivity (Wildman–Crippen MR) is 152 cm³/mol. The number of carbonyl (C=O) groups excluding carboxylic acids is 1. The number of thioether (sulfide) groups is 1. The summed E-state index contributed by atoms with van der Waals surface area (Å²) in [6.07, 6.45) is 3.93. The van der Waals surface area contributed by atoms with Crippen molar-refractivity contribution in [3.63, 3.8) is 0 Å². The Hall–Kier alpha value is -4.29. The standard InChI is InChI=1S/C28H25FN6O3S2/c1-37-23-8-7-18(15-24(23)38-2)9-14-31-27(36)21-16-39-25(32-21)17-40-28-34-33-26(19-10-12-30-13-11-19)35(28)22-6-4-3-5-20(22)29/h3-8,10-13,15-16H,9,14,17H2,1-2H3,(H,31,36). The van der Waals surface area contributed by atoms with Crippen LogP contribution in [0.25, 0.3) is 17.1 Å². The van der Waals surface area contributed by atoms with Gasteiger partial charge in [0.25, 0.3) is 5.91 Å². The molecule has 0 spiro atoms. The van der Waals surface area contributed by atoms with Crippen LogP contribution in [0.4, 0.5) is 4.39 Å². The molecule has 3 heterocycles. The van der Waals surface area contributed by atoms with Gasteiger partial charge in [-0.25, -0.2) is 9.37 Å². The Bertz CT molecular complexity index is 1610. The van der Waals surface area contributed by atoms with Crippen molar-refractivity contribution in [2.24, 2.45) is 0 Å². The molecular weight excluding hydrogens is 551 g/mol. The van der Waals surface area contributed by atoms with Gasteiger partial charge in [0.05, 0.1) is 25.7 Å². The Labute approximate surface area is 238 Å². The molecule has 2 aromatic carbocycles. The minimum atomic E-state index is -0.388. The number of pyridine rings is 1. The molecule has 0 saturated carbocycles. The summed E-state index contributed by atoms with van der Waals surface area (Å²) in [5.41, 5.74) is 2.47. The van der Waals surface area contributed by atoms with Crippen LogP contribution in [0.2, 0.25) is 0 Å². The van der Waals surface area contributed by atoms with E-state index in [4.69, 9.17) is 9.47 Å². The molecule has 0 atom stereocenters. The molecule has 40 heavy (non-hydrogen) atoms. The largest absolute Gasteiger partial charge is 0.493 e. The fourth-order valence-corrected chi connectivity index (χ4v) is 5.69. The molecule has 12 heteroatoms. The van der Waals surface area contributed by atoms with E-state index >= 15 is 0 Å². The third-order valence-electron chi connectivity index (χ3n) is 5.92. The molecule has 0 bridgehead atoms. The van der Waals surface area contributed by atoms with E-state index in [-0.39, 0.29) is 11.7 Å². The number of rotatable bonds is 11. The van der Waals surface area contributed by atoms with Crippen molar-refractivity contribution in [1.29, 1.82) is 0 Å². The zero-order chi connectivity index (χ0) is 27.9. The molecule has 0 saturated heterocycles. The molecule has 0 fully saturated rings. The number of thiazole rings is 1. The lowest BCUT2D eigenvalue weighted by molar-refractivity contribution is 0.0949. The van der Waals surface area contributed by atoms with Crippen molar-refractivity contribution in [3.05, 3.63) is 94.5 Å². The summed E-state index contributed by atoms with van der Waals surface area (Å²) in [7, 11) is 3.18. The molecule has 0 aliphatic heterocycles. The average molecular weight is 577 g/mol. The fraction of sp³-hybridized carbons (Fsp3) is 0.179. The lowest BCUT2D eigenvalue weighted by Gasteiger charge is -2.10. The summed E-state index contributed by atoms with van der Waals surface area (Å²) in [6.45, 7) is 0.444. The highest BCUT2D eigenvalue weighted by Gasteiger charge is 2.19. The van der Waals surface area contributed by atoms with Gasteiger partial charge in [0, 0.05) is 29.9 Å². The summed E-state index contributed by atoms with van der Waals surface area (Å²) in [5.74, 6) is 1.61. The van der Waals surface area contributed by atoms with Gasteiger partial charge in [-0.05, 0) is 48.4 Å². The van der Waals surface area contributed by atoms with Gasteiger partial charge in [0.2, 0.25) is 0 Å². The summed E-state index contributed by atoms with van der Waals surface area (Å²) in [4.78, 5) is 21.2. The number of nitrogens with one attached hydrogen (secondary N) is 1. The number of benzene rings is 2. The molecule has 0 aliphatic rings. The summed E-state index contributed by atoms with van der Waals surface area (Å²) in [6, 6.07) is 15.7. The van der Waals surface area contributed by atoms with Crippen molar-refractivity contribution < 1.29 is 18.7 Å². The fourth-order valence-electron chi connectivity index (χ4n) is 3.96. The van der Waals surface area contributed by atoms with Gasteiger partial charge in [-0.2, -0.15) is 0 Å². The van der Waals surface area contributed by atoms with E-state index in [9.17, 15) is 9.18 Å². The Morgan fingerprint density at radius 3 is 2.62 bits per heavy atom. The first-order valence-electron chi connectivity index (χ1n) is 12.2. The number of para-hydroxylation sites is 1. The van der Waals surface area contributed by atoms with E-state index in [1.165, 1.54) is 29.2 Å². The van der Waals surface area contributed by atoms with Gasteiger partial charge in [-0.3, -0.25) is 14.3 Å². The van der Waals surface area contributed by atoms with Crippen molar-refractivity contribution in [1.82, 2.24) is 30.0 Å². The normalized spacial score (nSPS) is 10.9. The number of halogens is 1. The van der Waals surface area contributed by atoms with Crippen molar-refractivity contribution in [2.75, 3.05) is 20.8 Å². The van der Waals surface area contributed by atoms with E-state index in [2.05, 4.69) is 25.5 Å². The van der Waals surface area contributed by atoms with Crippen LogP contribution >= 0.6 is 23.1 Å². The lowest BCUT2D eigenvalue weighted by atomic mass is 10.1. The number of hydrogen-bond acceptors (Lipinski definition) is 9. The lowest BCUT2D eigenvalue weighted by Crippen LogP contribution is -2.26. The third-order valence-corrected chi connectivity index (χ3v) is 7.89. The van der Waals surface area contributed by atoms with Gasteiger partial charge >= 0.3 is 0 Å².